The van der Waals surface area contributed by atoms with Crippen molar-refractivity contribution in [2.45, 2.75) is 26.4 Å². The van der Waals surface area contributed by atoms with Gasteiger partial charge >= 0.3 is 5.97 Å². The molecule has 0 aliphatic heterocycles. The Hall–Kier alpha value is -1.42. The van der Waals surface area contributed by atoms with Crippen LogP contribution in [0.4, 0.5) is 0 Å². The van der Waals surface area contributed by atoms with Crippen LogP contribution < -0.4 is 0 Å². The first kappa shape index (κ1) is 12.6. The molecular formula is C12H17NO3. The fraction of sp³-hybridized carbons (Fsp3) is 0.500. The number of aliphatic hydroxyl groups is 1. The molecule has 88 valence electrons. The number of esters is 1. The fourth-order valence-electron chi connectivity index (χ4n) is 1.44. The van der Waals surface area contributed by atoms with Gasteiger partial charge in [0.05, 0.1) is 19.6 Å². The van der Waals surface area contributed by atoms with E-state index in [0.29, 0.717) is 0 Å². The first-order valence-corrected chi connectivity index (χ1v) is 5.22. The zero-order valence-electron chi connectivity index (χ0n) is 9.80. The molecule has 1 aromatic heterocycles. The van der Waals surface area contributed by atoms with Gasteiger partial charge in [-0.3, -0.25) is 9.78 Å². The summed E-state index contributed by atoms with van der Waals surface area (Å²) in [6, 6.07) is 3.66. The summed E-state index contributed by atoms with van der Waals surface area (Å²) in [5.41, 5.74) is 1.62. The summed E-state index contributed by atoms with van der Waals surface area (Å²) >= 11 is 0. The van der Waals surface area contributed by atoms with Crippen LogP contribution in [0, 0.1) is 12.8 Å². The number of carbonyl (C=O) groups is 1. The van der Waals surface area contributed by atoms with Gasteiger partial charge in [0.25, 0.3) is 0 Å². The Morgan fingerprint density at radius 2 is 2.25 bits per heavy atom. The SMILES string of the molecule is COC(=O)CC(C)C(O)c1ccc(C)nc1. The predicted octanol–water partition coefficient (Wildman–Crippen LogP) is 1.62. The maximum absolute atomic E-state index is 11.1. The second-order valence-electron chi connectivity index (χ2n) is 3.94. The molecule has 0 amide bonds. The largest absolute Gasteiger partial charge is 0.469 e. The lowest BCUT2D eigenvalue weighted by atomic mass is 9.95. The summed E-state index contributed by atoms with van der Waals surface area (Å²) in [6.07, 6.45) is 1.14. The number of carbonyl (C=O) groups excluding carboxylic acids is 1. The highest BCUT2D eigenvalue weighted by molar-refractivity contribution is 5.69. The molecule has 0 aliphatic rings. The van der Waals surface area contributed by atoms with Crippen molar-refractivity contribution in [3.8, 4) is 0 Å². The fourth-order valence-corrected chi connectivity index (χ4v) is 1.44. The van der Waals surface area contributed by atoms with E-state index in [9.17, 15) is 9.90 Å². The lowest BCUT2D eigenvalue weighted by Gasteiger charge is -2.17. The van der Waals surface area contributed by atoms with E-state index in [1.807, 2.05) is 19.1 Å². The Balaban J connectivity index is 2.66. The van der Waals surface area contributed by atoms with Gasteiger partial charge in [0.15, 0.2) is 0 Å². The summed E-state index contributed by atoms with van der Waals surface area (Å²) in [6.45, 7) is 3.69. The maximum Gasteiger partial charge on any atom is 0.305 e. The van der Waals surface area contributed by atoms with Crippen LogP contribution in [0.1, 0.15) is 30.7 Å². The van der Waals surface area contributed by atoms with Gasteiger partial charge in [-0.2, -0.15) is 0 Å². The van der Waals surface area contributed by atoms with E-state index >= 15 is 0 Å². The number of methoxy groups -OCH3 is 1. The molecule has 0 fully saturated rings. The van der Waals surface area contributed by atoms with Crippen LogP contribution in [0.15, 0.2) is 18.3 Å². The number of rotatable bonds is 4. The molecule has 1 aromatic rings. The number of pyridine rings is 1. The van der Waals surface area contributed by atoms with Gasteiger partial charge in [-0.25, -0.2) is 0 Å². The van der Waals surface area contributed by atoms with E-state index in [2.05, 4.69) is 9.72 Å². The van der Waals surface area contributed by atoms with Crippen LogP contribution >= 0.6 is 0 Å². The van der Waals surface area contributed by atoms with Gasteiger partial charge in [0.2, 0.25) is 0 Å². The third-order valence-corrected chi connectivity index (χ3v) is 2.53. The molecule has 1 rings (SSSR count). The van der Waals surface area contributed by atoms with Gasteiger partial charge in [0.1, 0.15) is 0 Å². The Kier molecular flexibility index (Phi) is 4.43. The van der Waals surface area contributed by atoms with Crippen molar-refractivity contribution in [2.24, 2.45) is 5.92 Å². The van der Waals surface area contributed by atoms with E-state index in [4.69, 9.17) is 0 Å². The van der Waals surface area contributed by atoms with Crippen LogP contribution in [0.3, 0.4) is 0 Å². The van der Waals surface area contributed by atoms with Gasteiger partial charge in [0, 0.05) is 11.9 Å². The van der Waals surface area contributed by atoms with E-state index in [1.54, 1.807) is 13.1 Å². The third kappa shape index (κ3) is 3.31. The minimum Gasteiger partial charge on any atom is -0.469 e. The monoisotopic (exact) mass is 223 g/mol. The molecule has 0 bridgehead atoms. The Bertz CT molecular complexity index is 348. The van der Waals surface area contributed by atoms with E-state index in [-0.39, 0.29) is 18.3 Å². The highest BCUT2D eigenvalue weighted by atomic mass is 16.5. The maximum atomic E-state index is 11.1. The Labute approximate surface area is 95.3 Å². The molecule has 16 heavy (non-hydrogen) atoms. The summed E-state index contributed by atoms with van der Waals surface area (Å²) < 4.78 is 4.56. The average Bonchev–Trinajstić information content (AvgIpc) is 2.28. The number of aliphatic hydroxyl groups excluding tert-OH is 1. The summed E-state index contributed by atoms with van der Waals surface area (Å²) in [5, 5.41) is 9.98. The predicted molar refractivity (Wildman–Crippen MR) is 59.7 cm³/mol. The molecule has 0 aromatic carbocycles. The summed E-state index contributed by atoms with van der Waals surface area (Å²) in [7, 11) is 1.34. The minimum absolute atomic E-state index is 0.183. The van der Waals surface area contributed by atoms with Gasteiger partial charge < -0.3 is 9.84 Å². The van der Waals surface area contributed by atoms with Gasteiger partial charge in [-0.15, -0.1) is 0 Å². The summed E-state index contributed by atoms with van der Waals surface area (Å²) in [4.78, 5) is 15.2. The van der Waals surface area contributed by atoms with Crippen molar-refractivity contribution in [3.05, 3.63) is 29.6 Å². The van der Waals surface area contributed by atoms with Crippen LogP contribution in [-0.4, -0.2) is 23.2 Å². The number of hydrogen-bond donors (Lipinski definition) is 1. The molecule has 1 heterocycles. The van der Waals surface area contributed by atoms with Crippen LogP contribution in [0.5, 0.6) is 0 Å². The zero-order chi connectivity index (χ0) is 12.1. The van der Waals surface area contributed by atoms with Crippen molar-refractivity contribution in [2.75, 3.05) is 7.11 Å². The molecule has 0 spiro atoms. The molecule has 0 aliphatic carbocycles. The van der Waals surface area contributed by atoms with Crippen molar-refractivity contribution in [1.29, 1.82) is 0 Å². The van der Waals surface area contributed by atoms with Crippen LogP contribution in [-0.2, 0) is 9.53 Å². The molecule has 1 N–H and O–H groups in total. The zero-order valence-corrected chi connectivity index (χ0v) is 9.80. The van der Waals surface area contributed by atoms with Crippen molar-refractivity contribution >= 4 is 5.97 Å². The Morgan fingerprint density at radius 3 is 2.75 bits per heavy atom. The normalized spacial score (nSPS) is 14.2. The third-order valence-electron chi connectivity index (χ3n) is 2.53. The number of nitrogens with zero attached hydrogens (tertiary/aromatic N) is 1. The number of aromatic nitrogens is 1. The molecule has 0 saturated carbocycles. The highest BCUT2D eigenvalue weighted by Crippen LogP contribution is 2.23. The van der Waals surface area contributed by atoms with E-state index < -0.39 is 6.10 Å². The van der Waals surface area contributed by atoms with Crippen molar-refractivity contribution in [1.82, 2.24) is 4.98 Å². The highest BCUT2D eigenvalue weighted by Gasteiger charge is 2.19. The molecule has 2 atom stereocenters. The van der Waals surface area contributed by atoms with Crippen molar-refractivity contribution in [3.63, 3.8) is 0 Å². The van der Waals surface area contributed by atoms with Crippen LogP contribution in [0.25, 0.3) is 0 Å². The summed E-state index contributed by atoms with van der Waals surface area (Å²) in [5.74, 6) is -0.497. The second kappa shape index (κ2) is 5.61. The molecule has 2 unspecified atom stereocenters. The Morgan fingerprint density at radius 1 is 1.56 bits per heavy atom. The number of aryl methyl sites for hydroxylation is 1. The van der Waals surface area contributed by atoms with Crippen molar-refractivity contribution < 1.29 is 14.6 Å². The molecule has 4 heteroatoms. The van der Waals surface area contributed by atoms with Crippen LogP contribution in [0.2, 0.25) is 0 Å². The lowest BCUT2D eigenvalue weighted by molar-refractivity contribution is -0.142. The molecule has 0 saturated heterocycles. The number of ether oxygens (including phenoxy) is 1. The molecular weight excluding hydrogens is 206 g/mol. The first-order chi connectivity index (χ1) is 7.54. The topological polar surface area (TPSA) is 59.4 Å². The number of hydrogen-bond acceptors (Lipinski definition) is 4. The van der Waals surface area contributed by atoms with Gasteiger partial charge in [-0.05, 0) is 24.5 Å². The van der Waals surface area contributed by atoms with E-state index in [1.165, 1.54) is 7.11 Å². The van der Waals surface area contributed by atoms with E-state index in [0.717, 1.165) is 11.3 Å². The second-order valence-corrected chi connectivity index (χ2v) is 3.94. The lowest BCUT2D eigenvalue weighted by Crippen LogP contribution is -2.15. The van der Waals surface area contributed by atoms with Gasteiger partial charge in [-0.1, -0.05) is 13.0 Å². The average molecular weight is 223 g/mol. The smallest absolute Gasteiger partial charge is 0.305 e. The molecule has 0 radical (unpaired) electrons. The minimum atomic E-state index is -0.688. The standard InChI is InChI=1S/C12H17NO3/c1-8(6-11(14)16-3)12(15)10-5-4-9(2)13-7-10/h4-5,7-8,12,15H,6H2,1-3H3. The molecule has 4 nitrogen and oxygen atoms in total. The quantitative estimate of drug-likeness (QED) is 0.788. The first-order valence-electron chi connectivity index (χ1n) is 5.22.